The van der Waals surface area contributed by atoms with Crippen LogP contribution in [0.4, 0.5) is 0 Å². The van der Waals surface area contributed by atoms with Crippen molar-refractivity contribution < 1.29 is 50.2 Å². The maximum atomic E-state index is 13.8. The van der Waals surface area contributed by atoms with Gasteiger partial charge in [-0.05, 0) is 17.7 Å². The molecule has 2 fully saturated rings. The fourth-order valence-corrected chi connectivity index (χ4v) is 8.91. The first kappa shape index (κ1) is 24.1. The summed E-state index contributed by atoms with van der Waals surface area (Å²) in [5.41, 5.74) is 0.652. The van der Waals surface area contributed by atoms with E-state index in [0.717, 1.165) is 11.1 Å². The third-order valence-electron chi connectivity index (χ3n) is 5.50. The molecule has 0 saturated carbocycles. The lowest BCUT2D eigenvalue weighted by molar-refractivity contribution is -0.113. The van der Waals surface area contributed by atoms with Gasteiger partial charge in [-0.25, -0.2) is 9.13 Å². The molecule has 0 aromatic heterocycles. The summed E-state index contributed by atoms with van der Waals surface area (Å²) in [6, 6.07) is 14.3. The molecule has 2 aromatic rings. The molecule has 0 bridgehead atoms. The number of phosphoric acid groups is 2. The Kier molecular flexibility index (Phi) is 6.44. The molecule has 182 valence electrons. The second-order valence-corrected chi connectivity index (χ2v) is 13.6. The Hall–Kier alpha value is -1.64. The zero-order chi connectivity index (χ0) is 23.9. The van der Waals surface area contributed by atoms with Crippen LogP contribution in [0.15, 0.2) is 48.5 Å². The van der Waals surface area contributed by atoms with Crippen LogP contribution in [0.1, 0.15) is 0 Å². The van der Waals surface area contributed by atoms with Crippen LogP contribution in [0.2, 0.25) is 0 Å². The highest BCUT2D eigenvalue weighted by molar-refractivity contribution is 7.68. The van der Waals surface area contributed by atoms with Gasteiger partial charge in [0, 0.05) is 5.56 Å². The molecular weight excluding hydrogens is 509 g/mol. The first-order valence-electron chi connectivity index (χ1n) is 10.3. The molecule has 1 unspecified atom stereocenters. The number of carbonyl (C=O) groups is 1. The Morgan fingerprint density at radius 1 is 0.794 bits per heavy atom. The third-order valence-corrected chi connectivity index (χ3v) is 10.5. The van der Waals surface area contributed by atoms with Crippen molar-refractivity contribution in [1.82, 2.24) is 0 Å². The number of hydrogen-bond donors (Lipinski definition) is 0. The molecule has 0 N–H and O–H groups in total. The summed E-state index contributed by atoms with van der Waals surface area (Å²) < 4.78 is 76.2. The van der Waals surface area contributed by atoms with Gasteiger partial charge < -0.3 is 9.32 Å². The van der Waals surface area contributed by atoms with Gasteiger partial charge in [-0.2, -0.15) is 0 Å². The highest BCUT2D eigenvalue weighted by Gasteiger charge is 2.51. The number of para-hydroxylation sites is 1. The van der Waals surface area contributed by atoms with Crippen LogP contribution in [-0.4, -0.2) is 45.7 Å². The monoisotopic (exact) mass is 530 g/mol. The average molecular weight is 530 g/mol. The van der Waals surface area contributed by atoms with Crippen LogP contribution in [0.3, 0.4) is 0 Å². The highest BCUT2D eigenvalue weighted by Crippen LogP contribution is 2.63. The van der Waals surface area contributed by atoms with Gasteiger partial charge in [0.1, 0.15) is 25.0 Å². The van der Waals surface area contributed by atoms with Crippen LogP contribution in [0.5, 0.6) is 5.75 Å². The van der Waals surface area contributed by atoms with Crippen molar-refractivity contribution in [2.45, 2.75) is 0 Å². The average Bonchev–Trinajstić information content (AvgIpc) is 2.86. The molecule has 34 heavy (non-hydrogen) atoms. The largest absolute Gasteiger partial charge is 0.475 e. The maximum absolute atomic E-state index is 13.8. The molecule has 14 heteroatoms. The number of carbonyl (C=O) groups excluding carboxylic acids is 1. The van der Waals surface area contributed by atoms with Gasteiger partial charge in [-0.1, -0.05) is 36.4 Å². The van der Waals surface area contributed by atoms with Gasteiger partial charge in [0.15, 0.2) is 0 Å². The van der Waals surface area contributed by atoms with Gasteiger partial charge in [-0.3, -0.25) is 31.7 Å². The van der Waals surface area contributed by atoms with Crippen molar-refractivity contribution in [2.24, 2.45) is 5.41 Å². The third kappa shape index (κ3) is 4.61. The lowest BCUT2D eigenvalue weighted by Gasteiger charge is -2.41. The smallest absolute Gasteiger partial charge is 0.438 e. The lowest BCUT2D eigenvalue weighted by atomic mass is 9.93. The number of fused-ring (bicyclic) bond motifs is 3. The van der Waals surface area contributed by atoms with Crippen LogP contribution in [0.25, 0.3) is 11.1 Å². The normalized spacial score (nSPS) is 34.6. The molecule has 2 aromatic carbocycles. The number of rotatable bonds is 6. The van der Waals surface area contributed by atoms with E-state index >= 15 is 0 Å². The minimum atomic E-state index is -4.07. The Morgan fingerprint density at radius 3 is 2.00 bits per heavy atom. The van der Waals surface area contributed by atoms with Gasteiger partial charge in [0.05, 0.1) is 37.1 Å². The summed E-state index contributed by atoms with van der Waals surface area (Å²) in [5.74, 6) is 0.439. The summed E-state index contributed by atoms with van der Waals surface area (Å²) in [5, 5.41) is 0.453. The van der Waals surface area contributed by atoms with E-state index in [9.17, 15) is 18.5 Å². The van der Waals surface area contributed by atoms with Crippen molar-refractivity contribution in [1.29, 1.82) is 0 Å². The first-order chi connectivity index (χ1) is 16.3. The van der Waals surface area contributed by atoms with E-state index in [1.807, 2.05) is 24.3 Å². The Morgan fingerprint density at radius 2 is 1.35 bits per heavy atom. The highest BCUT2D eigenvalue weighted by atomic mass is 31.2. The number of phosphoric ester groups is 2. The molecule has 1 spiro atoms. The van der Waals surface area contributed by atoms with Gasteiger partial charge in [-0.15, -0.1) is 0 Å². The SMILES string of the molecule is O=CCOP1(=O)OCC2(CO1)COP(=O)(OCP1(=O)Oc3ccccc3-c3ccccc31)OC2. The summed E-state index contributed by atoms with van der Waals surface area (Å²) in [7, 11) is -11.5. The van der Waals surface area contributed by atoms with Crippen molar-refractivity contribution in [2.75, 3.05) is 39.4 Å². The van der Waals surface area contributed by atoms with E-state index in [1.165, 1.54) is 0 Å². The summed E-state index contributed by atoms with van der Waals surface area (Å²) in [6.07, 6.45) is -0.0972. The van der Waals surface area contributed by atoms with E-state index in [1.54, 1.807) is 24.3 Å². The second kappa shape index (κ2) is 9.10. The first-order valence-corrected chi connectivity index (χ1v) is 15.0. The van der Waals surface area contributed by atoms with Gasteiger partial charge >= 0.3 is 23.0 Å². The van der Waals surface area contributed by atoms with Crippen molar-refractivity contribution in [3.8, 4) is 16.9 Å². The number of benzene rings is 2. The maximum Gasteiger partial charge on any atom is 0.475 e. The molecule has 1 atom stereocenters. The quantitative estimate of drug-likeness (QED) is 0.394. The Bertz CT molecular complexity index is 1220. The topological polar surface area (TPSA) is 133 Å². The van der Waals surface area contributed by atoms with Gasteiger partial charge in [0.2, 0.25) is 0 Å². The zero-order valence-electron chi connectivity index (χ0n) is 17.8. The van der Waals surface area contributed by atoms with E-state index < -0.39 is 41.4 Å². The van der Waals surface area contributed by atoms with Crippen molar-refractivity contribution in [3.63, 3.8) is 0 Å². The van der Waals surface area contributed by atoms with Gasteiger partial charge in [0.25, 0.3) is 0 Å². The molecule has 2 saturated heterocycles. The molecule has 3 aliphatic rings. The fraction of sp³-hybridized carbons (Fsp3) is 0.350. The molecule has 3 aliphatic heterocycles. The number of hydrogen-bond acceptors (Lipinski definition) is 11. The van der Waals surface area contributed by atoms with E-state index in [2.05, 4.69) is 0 Å². The minimum Gasteiger partial charge on any atom is -0.438 e. The molecule has 0 radical (unpaired) electrons. The predicted molar refractivity (Wildman–Crippen MR) is 119 cm³/mol. The second-order valence-electron chi connectivity index (χ2n) is 7.99. The minimum absolute atomic E-state index is 0.130. The van der Waals surface area contributed by atoms with Crippen molar-refractivity contribution in [3.05, 3.63) is 48.5 Å². The van der Waals surface area contributed by atoms with Crippen LogP contribution < -0.4 is 9.83 Å². The van der Waals surface area contributed by atoms with Crippen molar-refractivity contribution >= 4 is 34.6 Å². The van der Waals surface area contributed by atoms with Crippen LogP contribution in [0, 0.1) is 5.41 Å². The van der Waals surface area contributed by atoms with Crippen LogP contribution >= 0.6 is 23.0 Å². The molecular formula is C20H21O11P3. The zero-order valence-corrected chi connectivity index (χ0v) is 20.5. The molecule has 3 heterocycles. The molecule has 0 aliphatic carbocycles. The Labute approximate surface area is 195 Å². The molecule has 0 amide bonds. The molecule has 11 nitrogen and oxygen atoms in total. The Balaban J connectivity index is 1.25. The summed E-state index contributed by atoms with van der Waals surface area (Å²) >= 11 is 0. The molecule has 5 rings (SSSR count). The van der Waals surface area contributed by atoms with E-state index in [0.29, 0.717) is 17.3 Å². The summed E-state index contributed by atoms with van der Waals surface area (Å²) in [4.78, 5) is 10.4. The van der Waals surface area contributed by atoms with E-state index in [-0.39, 0.29) is 26.4 Å². The predicted octanol–water partition coefficient (Wildman–Crippen LogP) is 4.14. The fourth-order valence-electron chi connectivity index (χ4n) is 3.68. The van der Waals surface area contributed by atoms with Crippen LogP contribution in [-0.2, 0) is 45.6 Å². The van der Waals surface area contributed by atoms with E-state index in [4.69, 9.17) is 31.7 Å². The standard InChI is InChI=1S/C20H21O11P3/c21-9-10-25-33(23)26-11-20(12-27-33)13-28-34(24,29-14-20)30-15-32(22)19-8-4-2-6-17(19)16-5-1-3-7-18(16)31-32/h1-9H,10-15H2. The lowest BCUT2D eigenvalue weighted by Crippen LogP contribution is -2.45. The number of aldehydes is 1. The summed E-state index contributed by atoms with van der Waals surface area (Å²) in [6.45, 7) is -0.995.